The summed E-state index contributed by atoms with van der Waals surface area (Å²) in [6, 6.07) is 18.3. The maximum atomic E-state index is 2.53. The van der Waals surface area contributed by atoms with Gasteiger partial charge in [-0.2, -0.15) is 0 Å². The van der Waals surface area contributed by atoms with Gasteiger partial charge >= 0.3 is 0 Å². The molecule has 0 heteroatoms. The maximum Gasteiger partial charge on any atom is 0.00185 e. The van der Waals surface area contributed by atoms with E-state index >= 15 is 0 Å². The second-order valence-corrected chi connectivity index (χ2v) is 9.86. The number of hydrogen-bond donors (Lipinski definition) is 0. The molecule has 0 aliphatic heterocycles. The molecule has 2 atom stereocenters. The zero-order chi connectivity index (χ0) is 20.8. The van der Waals surface area contributed by atoms with Gasteiger partial charge in [0, 0.05) is 5.92 Å². The summed E-state index contributed by atoms with van der Waals surface area (Å²) in [7, 11) is 0. The van der Waals surface area contributed by atoms with Crippen molar-refractivity contribution in [3.8, 4) is 0 Å². The van der Waals surface area contributed by atoms with Crippen LogP contribution in [-0.2, 0) is 12.8 Å². The van der Waals surface area contributed by atoms with Crippen molar-refractivity contribution < 1.29 is 0 Å². The van der Waals surface area contributed by atoms with Gasteiger partial charge in [-0.1, -0.05) is 98.2 Å². The molecule has 2 aliphatic carbocycles. The van der Waals surface area contributed by atoms with Crippen LogP contribution >= 0.6 is 0 Å². The lowest BCUT2D eigenvalue weighted by molar-refractivity contribution is 0.329. The van der Waals surface area contributed by atoms with Crippen LogP contribution in [0.2, 0.25) is 0 Å². The van der Waals surface area contributed by atoms with E-state index in [-0.39, 0.29) is 0 Å². The molecule has 0 bridgehead atoms. The average molecular weight is 399 g/mol. The van der Waals surface area contributed by atoms with Crippen molar-refractivity contribution >= 4 is 0 Å². The fraction of sp³-hybridized carbons (Fsp3) is 0.467. The van der Waals surface area contributed by atoms with Crippen LogP contribution in [0.25, 0.3) is 0 Å². The van der Waals surface area contributed by atoms with E-state index in [2.05, 4.69) is 86.7 Å². The highest BCUT2D eigenvalue weighted by Gasteiger charge is 2.18. The third-order valence-corrected chi connectivity index (χ3v) is 7.32. The van der Waals surface area contributed by atoms with Gasteiger partial charge in [0.2, 0.25) is 0 Å². The van der Waals surface area contributed by atoms with E-state index in [0.29, 0.717) is 11.8 Å². The van der Waals surface area contributed by atoms with E-state index in [1.165, 1.54) is 60.8 Å². The van der Waals surface area contributed by atoms with Gasteiger partial charge in [0.25, 0.3) is 0 Å². The zero-order valence-corrected chi connectivity index (χ0v) is 18.9. The molecule has 2 aromatic rings. The monoisotopic (exact) mass is 398 g/mol. The highest BCUT2D eigenvalue weighted by atomic mass is 14.2. The summed E-state index contributed by atoms with van der Waals surface area (Å²) >= 11 is 0. The van der Waals surface area contributed by atoms with Gasteiger partial charge in [0.05, 0.1) is 0 Å². The molecule has 0 spiro atoms. The number of benzene rings is 2. The first-order valence-corrected chi connectivity index (χ1v) is 12.2. The molecule has 0 amide bonds. The van der Waals surface area contributed by atoms with Gasteiger partial charge in [-0.25, -0.2) is 0 Å². The summed E-state index contributed by atoms with van der Waals surface area (Å²) < 4.78 is 0. The molecule has 4 rings (SSSR count). The Morgan fingerprint density at radius 1 is 0.700 bits per heavy atom. The van der Waals surface area contributed by atoms with E-state index in [1.54, 1.807) is 0 Å². The Hall–Kier alpha value is -2.08. The Balaban J connectivity index is 1.26. The lowest BCUT2D eigenvalue weighted by Gasteiger charge is -2.25. The summed E-state index contributed by atoms with van der Waals surface area (Å²) in [5, 5.41) is 0. The Labute approximate surface area is 184 Å². The van der Waals surface area contributed by atoms with Crippen molar-refractivity contribution in [3.63, 3.8) is 0 Å². The topological polar surface area (TPSA) is 0 Å². The smallest absolute Gasteiger partial charge is 0.00185 e. The molecule has 0 aromatic heterocycles. The minimum atomic E-state index is 0.594. The van der Waals surface area contributed by atoms with Crippen molar-refractivity contribution in [3.05, 3.63) is 95.1 Å². The molecule has 2 unspecified atom stereocenters. The van der Waals surface area contributed by atoms with Crippen molar-refractivity contribution in [2.75, 3.05) is 0 Å². The summed E-state index contributed by atoms with van der Waals surface area (Å²) in [5.41, 5.74) is 5.70. The molecule has 0 radical (unpaired) electrons. The molecular formula is C30H38. The number of hydrogen-bond acceptors (Lipinski definition) is 0. The number of rotatable bonds is 6. The Morgan fingerprint density at radius 2 is 1.33 bits per heavy atom. The van der Waals surface area contributed by atoms with Crippen LogP contribution in [0.5, 0.6) is 0 Å². The molecular weight excluding hydrogens is 360 g/mol. The van der Waals surface area contributed by atoms with Crippen LogP contribution in [0, 0.1) is 24.7 Å². The SMILES string of the molecule is Cc1ccc(CCc2ccc(C3C=CC(/C=C/C4CCC(C)CC4)CC3)cc2)cc1. The lowest BCUT2D eigenvalue weighted by Crippen LogP contribution is -2.11. The van der Waals surface area contributed by atoms with Gasteiger partial charge in [0.15, 0.2) is 0 Å². The normalized spacial score (nSPS) is 26.9. The van der Waals surface area contributed by atoms with Crippen molar-refractivity contribution in [1.29, 1.82) is 0 Å². The Kier molecular flexibility index (Phi) is 7.26. The largest absolute Gasteiger partial charge is 0.0848 e. The molecule has 30 heavy (non-hydrogen) atoms. The number of allylic oxidation sites excluding steroid dienone is 4. The standard InChI is InChI=1S/C30H38/c1-23-3-7-25(8-4-23)11-13-27-15-19-29(20-16-27)30-21-17-28(18-22-30)14-12-26-9-5-24(2)6-10-26/h3-4,7-8,12,14-17,19-21,24,26,28,30H,5-6,9-11,13,18,22H2,1-2H3/b14-12+. The highest BCUT2D eigenvalue weighted by Crippen LogP contribution is 2.33. The van der Waals surface area contributed by atoms with E-state index in [9.17, 15) is 0 Å². The minimum absolute atomic E-state index is 0.594. The molecule has 0 heterocycles. The van der Waals surface area contributed by atoms with Crippen LogP contribution in [0.1, 0.15) is 73.6 Å². The summed E-state index contributed by atoms with van der Waals surface area (Å²) in [6.07, 6.45) is 20.4. The Morgan fingerprint density at radius 3 is 1.93 bits per heavy atom. The third kappa shape index (κ3) is 5.97. The highest BCUT2D eigenvalue weighted by molar-refractivity contribution is 5.30. The average Bonchev–Trinajstić information content (AvgIpc) is 2.79. The second-order valence-electron chi connectivity index (χ2n) is 9.86. The van der Waals surface area contributed by atoms with Gasteiger partial charge in [-0.3, -0.25) is 0 Å². The fourth-order valence-corrected chi connectivity index (χ4v) is 5.03. The first kappa shape index (κ1) is 21.2. The molecule has 0 N–H and O–H groups in total. The predicted molar refractivity (Wildman–Crippen MR) is 130 cm³/mol. The van der Waals surface area contributed by atoms with Crippen molar-refractivity contribution in [2.24, 2.45) is 17.8 Å². The zero-order valence-electron chi connectivity index (χ0n) is 18.9. The molecule has 0 nitrogen and oxygen atoms in total. The van der Waals surface area contributed by atoms with E-state index < -0.39 is 0 Å². The fourth-order valence-electron chi connectivity index (χ4n) is 5.03. The van der Waals surface area contributed by atoms with Gasteiger partial charge in [0.1, 0.15) is 0 Å². The van der Waals surface area contributed by atoms with Crippen LogP contribution in [0.4, 0.5) is 0 Å². The summed E-state index contributed by atoms with van der Waals surface area (Å²) in [4.78, 5) is 0. The van der Waals surface area contributed by atoms with Crippen molar-refractivity contribution in [2.45, 2.75) is 71.1 Å². The maximum absolute atomic E-state index is 2.53. The lowest BCUT2D eigenvalue weighted by atomic mass is 9.81. The van der Waals surface area contributed by atoms with Crippen LogP contribution in [-0.4, -0.2) is 0 Å². The van der Waals surface area contributed by atoms with Crippen LogP contribution < -0.4 is 0 Å². The second kappa shape index (κ2) is 10.3. The molecule has 2 aliphatic rings. The van der Waals surface area contributed by atoms with Crippen LogP contribution in [0.3, 0.4) is 0 Å². The van der Waals surface area contributed by atoms with Gasteiger partial charge in [-0.15, -0.1) is 0 Å². The van der Waals surface area contributed by atoms with Gasteiger partial charge < -0.3 is 0 Å². The van der Waals surface area contributed by atoms with E-state index in [1.807, 2.05) is 0 Å². The third-order valence-electron chi connectivity index (χ3n) is 7.32. The molecule has 1 fully saturated rings. The quantitative estimate of drug-likeness (QED) is 0.430. The minimum Gasteiger partial charge on any atom is -0.0848 e. The van der Waals surface area contributed by atoms with E-state index in [0.717, 1.165) is 24.7 Å². The molecule has 2 aromatic carbocycles. The van der Waals surface area contributed by atoms with E-state index in [4.69, 9.17) is 0 Å². The van der Waals surface area contributed by atoms with Crippen LogP contribution in [0.15, 0.2) is 72.8 Å². The molecule has 158 valence electrons. The molecule has 0 saturated heterocycles. The first-order valence-electron chi connectivity index (χ1n) is 12.2. The van der Waals surface area contributed by atoms with Gasteiger partial charge in [-0.05, 0) is 79.9 Å². The molecule has 1 saturated carbocycles. The summed E-state index contributed by atoms with van der Waals surface area (Å²) in [6.45, 7) is 4.55. The van der Waals surface area contributed by atoms with Crippen molar-refractivity contribution in [1.82, 2.24) is 0 Å². The number of aryl methyl sites for hydroxylation is 3. The predicted octanol–water partition coefficient (Wildman–Crippen LogP) is 8.21. The Bertz CT molecular complexity index is 829. The first-order chi connectivity index (χ1) is 14.7. The summed E-state index contributed by atoms with van der Waals surface area (Å²) in [5.74, 6) is 3.02.